The lowest BCUT2D eigenvalue weighted by Crippen LogP contribution is -2.30. The summed E-state index contributed by atoms with van der Waals surface area (Å²) in [5, 5.41) is 14.5. The second-order valence-electron chi connectivity index (χ2n) is 4.21. The standard InChI is InChI=1S/C13H17FN2O3/c1-3-15-8(2)6-12(17)16-11-5-4-9(14)7-10(11)13(18)19/h4-5,7-8,15H,3,6H2,1-2H3,(H,16,17)(H,18,19). The highest BCUT2D eigenvalue weighted by Gasteiger charge is 2.14. The molecular formula is C13H17FN2O3. The van der Waals surface area contributed by atoms with E-state index in [2.05, 4.69) is 10.6 Å². The molecule has 0 bridgehead atoms. The van der Waals surface area contributed by atoms with E-state index in [1.165, 1.54) is 6.07 Å². The lowest BCUT2D eigenvalue weighted by Gasteiger charge is -2.13. The maximum atomic E-state index is 13.0. The fraction of sp³-hybridized carbons (Fsp3) is 0.385. The third-order valence-electron chi connectivity index (χ3n) is 2.53. The molecular weight excluding hydrogens is 251 g/mol. The Labute approximate surface area is 110 Å². The number of carboxylic acids is 1. The molecule has 0 heterocycles. The van der Waals surface area contributed by atoms with Gasteiger partial charge < -0.3 is 15.7 Å². The molecule has 1 amide bonds. The average molecular weight is 268 g/mol. The van der Waals surface area contributed by atoms with E-state index in [4.69, 9.17) is 5.11 Å². The van der Waals surface area contributed by atoms with Crippen LogP contribution in [0.4, 0.5) is 10.1 Å². The Balaban J connectivity index is 2.76. The monoisotopic (exact) mass is 268 g/mol. The van der Waals surface area contributed by atoms with E-state index in [9.17, 15) is 14.0 Å². The van der Waals surface area contributed by atoms with E-state index in [0.717, 1.165) is 18.7 Å². The second-order valence-corrected chi connectivity index (χ2v) is 4.21. The molecule has 0 aliphatic carbocycles. The van der Waals surface area contributed by atoms with Gasteiger partial charge in [0.15, 0.2) is 0 Å². The zero-order valence-corrected chi connectivity index (χ0v) is 10.9. The van der Waals surface area contributed by atoms with Crippen LogP contribution in [0.2, 0.25) is 0 Å². The summed E-state index contributed by atoms with van der Waals surface area (Å²) < 4.78 is 13.0. The number of nitrogens with one attached hydrogen (secondary N) is 2. The Morgan fingerprint density at radius 1 is 1.42 bits per heavy atom. The molecule has 0 aromatic heterocycles. The van der Waals surface area contributed by atoms with Gasteiger partial charge in [0.05, 0.1) is 11.3 Å². The summed E-state index contributed by atoms with van der Waals surface area (Å²) in [5.41, 5.74) is -0.160. The van der Waals surface area contributed by atoms with Crippen molar-refractivity contribution in [1.82, 2.24) is 5.32 Å². The number of aromatic carboxylic acids is 1. The zero-order chi connectivity index (χ0) is 14.4. The fourth-order valence-corrected chi connectivity index (χ4v) is 1.70. The van der Waals surface area contributed by atoms with Crippen molar-refractivity contribution in [2.75, 3.05) is 11.9 Å². The number of hydrogen-bond acceptors (Lipinski definition) is 3. The molecule has 1 unspecified atom stereocenters. The normalized spacial score (nSPS) is 11.9. The first kappa shape index (κ1) is 15.1. The van der Waals surface area contributed by atoms with Crippen LogP contribution in [0.15, 0.2) is 18.2 Å². The molecule has 6 heteroatoms. The Morgan fingerprint density at radius 3 is 2.68 bits per heavy atom. The number of rotatable bonds is 6. The van der Waals surface area contributed by atoms with Gasteiger partial charge in [0.1, 0.15) is 5.82 Å². The number of amides is 1. The Bertz CT molecular complexity index is 477. The van der Waals surface area contributed by atoms with Gasteiger partial charge in [0.25, 0.3) is 0 Å². The van der Waals surface area contributed by atoms with Crippen LogP contribution in [0.5, 0.6) is 0 Å². The van der Waals surface area contributed by atoms with Crippen LogP contribution in [0.1, 0.15) is 30.6 Å². The van der Waals surface area contributed by atoms with Gasteiger partial charge in [-0.25, -0.2) is 9.18 Å². The van der Waals surface area contributed by atoms with Gasteiger partial charge in [-0.3, -0.25) is 4.79 Å². The van der Waals surface area contributed by atoms with Crippen molar-refractivity contribution in [2.24, 2.45) is 0 Å². The van der Waals surface area contributed by atoms with Crippen LogP contribution in [0.3, 0.4) is 0 Å². The first-order valence-corrected chi connectivity index (χ1v) is 6.00. The molecule has 104 valence electrons. The summed E-state index contributed by atoms with van der Waals surface area (Å²) >= 11 is 0. The van der Waals surface area contributed by atoms with Crippen LogP contribution in [0, 0.1) is 5.82 Å². The quantitative estimate of drug-likeness (QED) is 0.735. The number of hydrogen-bond donors (Lipinski definition) is 3. The Kier molecular flexibility index (Phi) is 5.44. The van der Waals surface area contributed by atoms with E-state index in [0.29, 0.717) is 0 Å². The molecule has 1 atom stereocenters. The highest BCUT2D eigenvalue weighted by Crippen LogP contribution is 2.17. The topological polar surface area (TPSA) is 78.4 Å². The van der Waals surface area contributed by atoms with Gasteiger partial charge in [0.2, 0.25) is 5.91 Å². The number of carbonyl (C=O) groups excluding carboxylic acids is 1. The van der Waals surface area contributed by atoms with Gasteiger partial charge >= 0.3 is 5.97 Å². The number of benzene rings is 1. The van der Waals surface area contributed by atoms with Crippen molar-refractivity contribution in [3.05, 3.63) is 29.6 Å². The summed E-state index contributed by atoms with van der Waals surface area (Å²) in [6, 6.07) is 3.22. The molecule has 0 radical (unpaired) electrons. The Hall–Kier alpha value is -1.95. The van der Waals surface area contributed by atoms with Gasteiger partial charge in [-0.15, -0.1) is 0 Å². The molecule has 5 nitrogen and oxygen atoms in total. The maximum Gasteiger partial charge on any atom is 0.337 e. The van der Waals surface area contributed by atoms with Crippen LogP contribution < -0.4 is 10.6 Å². The third-order valence-corrected chi connectivity index (χ3v) is 2.53. The van der Waals surface area contributed by atoms with Crippen molar-refractivity contribution in [1.29, 1.82) is 0 Å². The van der Waals surface area contributed by atoms with Crippen molar-refractivity contribution >= 4 is 17.6 Å². The molecule has 1 aromatic rings. The largest absolute Gasteiger partial charge is 0.478 e. The molecule has 0 aliphatic heterocycles. The van der Waals surface area contributed by atoms with Crippen molar-refractivity contribution in [2.45, 2.75) is 26.3 Å². The predicted molar refractivity (Wildman–Crippen MR) is 69.7 cm³/mol. The molecule has 0 aliphatic rings. The van der Waals surface area contributed by atoms with E-state index < -0.39 is 11.8 Å². The summed E-state index contributed by atoms with van der Waals surface area (Å²) in [5.74, 6) is -2.26. The summed E-state index contributed by atoms with van der Waals surface area (Å²) in [4.78, 5) is 22.7. The zero-order valence-electron chi connectivity index (χ0n) is 10.9. The predicted octanol–water partition coefficient (Wildman–Crippen LogP) is 1.85. The summed E-state index contributed by atoms with van der Waals surface area (Å²) in [6.45, 7) is 4.52. The molecule has 0 saturated heterocycles. The molecule has 0 spiro atoms. The van der Waals surface area contributed by atoms with Gasteiger partial charge in [-0.2, -0.15) is 0 Å². The number of carboxylic acid groups (broad SMARTS) is 1. The molecule has 3 N–H and O–H groups in total. The fourth-order valence-electron chi connectivity index (χ4n) is 1.70. The minimum absolute atomic E-state index is 0.0151. The minimum atomic E-state index is -1.28. The van der Waals surface area contributed by atoms with Gasteiger partial charge in [-0.05, 0) is 31.7 Å². The lowest BCUT2D eigenvalue weighted by molar-refractivity contribution is -0.116. The van der Waals surface area contributed by atoms with Crippen LogP contribution in [0.25, 0.3) is 0 Å². The lowest BCUT2D eigenvalue weighted by atomic mass is 10.1. The first-order chi connectivity index (χ1) is 8.93. The van der Waals surface area contributed by atoms with E-state index in [1.807, 2.05) is 13.8 Å². The van der Waals surface area contributed by atoms with E-state index in [-0.39, 0.29) is 29.6 Å². The first-order valence-electron chi connectivity index (χ1n) is 6.00. The van der Waals surface area contributed by atoms with Gasteiger partial charge in [-0.1, -0.05) is 6.92 Å². The summed E-state index contributed by atoms with van der Waals surface area (Å²) in [7, 11) is 0. The maximum absolute atomic E-state index is 13.0. The number of halogens is 1. The average Bonchev–Trinajstić information content (AvgIpc) is 2.31. The van der Waals surface area contributed by atoms with Crippen molar-refractivity contribution < 1.29 is 19.1 Å². The minimum Gasteiger partial charge on any atom is -0.478 e. The highest BCUT2D eigenvalue weighted by atomic mass is 19.1. The third kappa shape index (κ3) is 4.67. The summed E-state index contributed by atoms with van der Waals surface area (Å²) in [6.07, 6.45) is 0.213. The molecule has 1 aromatic carbocycles. The highest BCUT2D eigenvalue weighted by molar-refractivity contribution is 6.00. The second kappa shape index (κ2) is 6.84. The molecule has 0 saturated carbocycles. The molecule has 0 fully saturated rings. The van der Waals surface area contributed by atoms with Crippen LogP contribution >= 0.6 is 0 Å². The van der Waals surface area contributed by atoms with Crippen molar-refractivity contribution in [3.63, 3.8) is 0 Å². The Morgan fingerprint density at radius 2 is 2.11 bits per heavy atom. The van der Waals surface area contributed by atoms with Crippen LogP contribution in [-0.2, 0) is 4.79 Å². The van der Waals surface area contributed by atoms with Crippen LogP contribution in [-0.4, -0.2) is 29.6 Å². The van der Waals surface area contributed by atoms with Gasteiger partial charge in [0, 0.05) is 12.5 Å². The molecule has 1 rings (SSSR count). The molecule has 19 heavy (non-hydrogen) atoms. The van der Waals surface area contributed by atoms with Crippen molar-refractivity contribution in [3.8, 4) is 0 Å². The van der Waals surface area contributed by atoms with E-state index in [1.54, 1.807) is 0 Å². The number of carbonyl (C=O) groups is 2. The smallest absolute Gasteiger partial charge is 0.337 e. The number of anilines is 1. The SMILES string of the molecule is CCNC(C)CC(=O)Nc1ccc(F)cc1C(=O)O. The van der Waals surface area contributed by atoms with E-state index >= 15 is 0 Å².